The zero-order valence-corrected chi connectivity index (χ0v) is 13.7. The maximum atomic E-state index is 14.0. The third-order valence-corrected chi connectivity index (χ3v) is 5.17. The van der Waals surface area contributed by atoms with Gasteiger partial charge < -0.3 is 4.57 Å². The van der Waals surface area contributed by atoms with E-state index in [1.807, 2.05) is 0 Å². The van der Waals surface area contributed by atoms with Crippen LogP contribution in [0.2, 0.25) is 0 Å². The summed E-state index contributed by atoms with van der Waals surface area (Å²) in [5, 5.41) is 9.08. The largest absolute Gasteiger partial charge is 0.306 e. The molecule has 0 atom stereocenters. The van der Waals surface area contributed by atoms with E-state index in [0.29, 0.717) is 0 Å². The van der Waals surface area contributed by atoms with Crippen molar-refractivity contribution in [1.29, 1.82) is 0 Å². The molecule has 0 N–H and O–H groups in total. The van der Waals surface area contributed by atoms with Gasteiger partial charge in [-0.05, 0) is 40.9 Å². The molecule has 0 radical (unpaired) electrons. The molecule has 0 saturated heterocycles. The molecule has 2 heterocycles. The molecule has 2 aromatic rings. The van der Waals surface area contributed by atoms with Crippen LogP contribution in [0.1, 0.15) is 30.7 Å². The number of aryl methyl sites for hydroxylation is 1. The molecule has 0 aliphatic carbocycles. The van der Waals surface area contributed by atoms with E-state index in [2.05, 4.69) is 30.7 Å². The van der Waals surface area contributed by atoms with Crippen LogP contribution in [0.15, 0.2) is 21.8 Å². The van der Waals surface area contributed by atoms with Gasteiger partial charge in [-0.25, -0.2) is 8.78 Å². The van der Waals surface area contributed by atoms with Gasteiger partial charge in [0, 0.05) is 24.3 Å². The summed E-state index contributed by atoms with van der Waals surface area (Å²) in [5.74, 6) is 0.108. The molecule has 1 aliphatic heterocycles. The first-order chi connectivity index (χ1) is 10.2. The van der Waals surface area contributed by atoms with Crippen molar-refractivity contribution in [1.82, 2.24) is 14.8 Å². The Hall–Kier alpha value is -0.950. The Bertz CT molecular complexity index is 660. The molecular formula is C14H14BrF2N3S. The molecule has 3 nitrogen and oxygen atoms in total. The summed E-state index contributed by atoms with van der Waals surface area (Å²) < 4.78 is 30.1. The molecule has 0 fully saturated rings. The zero-order chi connectivity index (χ0) is 14.8. The van der Waals surface area contributed by atoms with Gasteiger partial charge in [0.2, 0.25) is 0 Å². The fourth-order valence-corrected chi connectivity index (χ4v) is 3.76. The monoisotopic (exact) mass is 373 g/mol. The minimum absolute atomic E-state index is 0.0698. The predicted octanol–water partition coefficient (Wildman–Crippen LogP) is 4.34. The van der Waals surface area contributed by atoms with E-state index in [1.54, 1.807) is 0 Å². The number of aromatic nitrogens is 3. The lowest BCUT2D eigenvalue weighted by Gasteiger charge is -2.08. The summed E-state index contributed by atoms with van der Waals surface area (Å²) in [6.45, 7) is 0.883. The molecule has 21 heavy (non-hydrogen) atoms. The standard InChI is InChI=1S/C14H14BrF2N3S/c15-10-5-6-11(16)9(13(10)17)8-21-14-19-18-12-4-2-1-3-7-20(12)14/h5-6H,1-4,7-8H2. The average molecular weight is 374 g/mol. The van der Waals surface area contributed by atoms with Crippen molar-refractivity contribution in [2.75, 3.05) is 0 Å². The van der Waals surface area contributed by atoms with E-state index in [9.17, 15) is 8.78 Å². The summed E-state index contributed by atoms with van der Waals surface area (Å²) in [6.07, 6.45) is 4.32. The van der Waals surface area contributed by atoms with E-state index in [4.69, 9.17) is 0 Å². The van der Waals surface area contributed by atoms with Crippen molar-refractivity contribution < 1.29 is 8.78 Å². The van der Waals surface area contributed by atoms with Crippen LogP contribution < -0.4 is 0 Å². The highest BCUT2D eigenvalue weighted by atomic mass is 79.9. The molecule has 1 aliphatic rings. The second-order valence-corrected chi connectivity index (χ2v) is 6.77. The number of rotatable bonds is 3. The molecule has 0 bridgehead atoms. The third kappa shape index (κ3) is 3.13. The van der Waals surface area contributed by atoms with Gasteiger partial charge >= 0.3 is 0 Å². The zero-order valence-electron chi connectivity index (χ0n) is 11.3. The van der Waals surface area contributed by atoms with Crippen LogP contribution in [0, 0.1) is 11.6 Å². The van der Waals surface area contributed by atoms with Gasteiger partial charge in [-0.1, -0.05) is 18.2 Å². The number of thioether (sulfide) groups is 1. The lowest BCUT2D eigenvalue weighted by molar-refractivity contribution is 0.561. The van der Waals surface area contributed by atoms with Crippen LogP contribution in [-0.4, -0.2) is 14.8 Å². The average Bonchev–Trinajstić information content (AvgIpc) is 2.70. The van der Waals surface area contributed by atoms with Crippen LogP contribution in [0.4, 0.5) is 8.78 Å². The smallest absolute Gasteiger partial charge is 0.191 e. The number of hydrogen-bond acceptors (Lipinski definition) is 3. The van der Waals surface area contributed by atoms with E-state index < -0.39 is 11.6 Å². The molecule has 3 rings (SSSR count). The van der Waals surface area contributed by atoms with Gasteiger partial charge in [-0.2, -0.15) is 0 Å². The minimum Gasteiger partial charge on any atom is -0.306 e. The van der Waals surface area contributed by atoms with Crippen LogP contribution in [0.5, 0.6) is 0 Å². The lowest BCUT2D eigenvalue weighted by Crippen LogP contribution is -2.03. The molecule has 0 amide bonds. The maximum Gasteiger partial charge on any atom is 0.191 e. The molecule has 0 unspecified atom stereocenters. The Balaban J connectivity index is 1.80. The van der Waals surface area contributed by atoms with Crippen molar-refractivity contribution in [2.45, 2.75) is 43.1 Å². The number of benzene rings is 1. The lowest BCUT2D eigenvalue weighted by atomic mass is 10.2. The molecular weight excluding hydrogens is 360 g/mol. The Labute approximate surface area is 134 Å². The van der Waals surface area contributed by atoms with Gasteiger partial charge in [-0.3, -0.25) is 0 Å². The predicted molar refractivity (Wildman–Crippen MR) is 81.2 cm³/mol. The number of hydrogen-bond donors (Lipinski definition) is 0. The van der Waals surface area contributed by atoms with Crippen LogP contribution in [-0.2, 0) is 18.7 Å². The summed E-state index contributed by atoms with van der Waals surface area (Å²) >= 11 is 4.41. The molecule has 1 aromatic carbocycles. The first kappa shape index (κ1) is 15.0. The minimum atomic E-state index is -0.543. The molecule has 1 aromatic heterocycles. The van der Waals surface area contributed by atoms with Crippen molar-refractivity contribution in [2.24, 2.45) is 0 Å². The SMILES string of the molecule is Fc1ccc(Br)c(F)c1CSc1nnc2n1CCCCC2. The van der Waals surface area contributed by atoms with Gasteiger partial charge in [0.15, 0.2) is 5.16 Å². The first-order valence-electron chi connectivity index (χ1n) is 6.84. The number of halogens is 3. The van der Waals surface area contributed by atoms with Gasteiger partial charge in [0.25, 0.3) is 0 Å². The quantitative estimate of drug-likeness (QED) is 0.592. The van der Waals surface area contributed by atoms with Crippen LogP contribution in [0.3, 0.4) is 0 Å². The van der Waals surface area contributed by atoms with Crippen molar-refractivity contribution in [3.63, 3.8) is 0 Å². The summed E-state index contributed by atoms with van der Waals surface area (Å²) in [6, 6.07) is 2.65. The van der Waals surface area contributed by atoms with E-state index in [1.165, 1.54) is 30.3 Å². The Morgan fingerprint density at radius 2 is 2.05 bits per heavy atom. The molecule has 0 saturated carbocycles. The fourth-order valence-electron chi connectivity index (χ4n) is 2.40. The second kappa shape index (κ2) is 6.44. The van der Waals surface area contributed by atoms with Crippen molar-refractivity contribution >= 4 is 27.7 Å². The van der Waals surface area contributed by atoms with Gasteiger partial charge in [-0.15, -0.1) is 10.2 Å². The Morgan fingerprint density at radius 1 is 1.19 bits per heavy atom. The highest BCUT2D eigenvalue weighted by Crippen LogP contribution is 2.29. The van der Waals surface area contributed by atoms with E-state index in [0.717, 1.165) is 36.8 Å². The number of nitrogens with zero attached hydrogens (tertiary/aromatic N) is 3. The van der Waals surface area contributed by atoms with E-state index in [-0.39, 0.29) is 15.8 Å². The first-order valence-corrected chi connectivity index (χ1v) is 8.62. The number of fused-ring (bicyclic) bond motifs is 1. The normalized spacial score (nSPS) is 14.8. The van der Waals surface area contributed by atoms with Crippen LogP contribution in [0.25, 0.3) is 0 Å². The summed E-state index contributed by atoms with van der Waals surface area (Å²) in [5.41, 5.74) is 0.0698. The Morgan fingerprint density at radius 3 is 2.90 bits per heavy atom. The maximum absolute atomic E-state index is 14.0. The van der Waals surface area contributed by atoms with E-state index >= 15 is 0 Å². The second-order valence-electron chi connectivity index (χ2n) is 4.97. The van der Waals surface area contributed by atoms with Crippen molar-refractivity contribution in [3.8, 4) is 0 Å². The summed E-state index contributed by atoms with van der Waals surface area (Å²) in [4.78, 5) is 0. The van der Waals surface area contributed by atoms with Crippen molar-refractivity contribution in [3.05, 3.63) is 39.6 Å². The highest BCUT2D eigenvalue weighted by Gasteiger charge is 2.17. The topological polar surface area (TPSA) is 30.7 Å². The highest BCUT2D eigenvalue weighted by molar-refractivity contribution is 9.10. The molecule has 112 valence electrons. The fraction of sp³-hybridized carbons (Fsp3) is 0.429. The molecule has 7 heteroatoms. The third-order valence-electron chi connectivity index (χ3n) is 3.56. The molecule has 0 spiro atoms. The van der Waals surface area contributed by atoms with Crippen LogP contribution >= 0.6 is 27.7 Å². The summed E-state index contributed by atoms with van der Waals surface area (Å²) in [7, 11) is 0. The van der Waals surface area contributed by atoms with Gasteiger partial charge in [0.05, 0.1) is 4.47 Å². The van der Waals surface area contributed by atoms with Gasteiger partial charge in [0.1, 0.15) is 17.5 Å². The Kier molecular flexibility index (Phi) is 4.59.